The lowest BCUT2D eigenvalue weighted by atomic mass is 9.88. The van der Waals surface area contributed by atoms with Crippen LogP contribution >= 0.6 is 15.9 Å². The topological polar surface area (TPSA) is 67.3 Å². The van der Waals surface area contributed by atoms with Gasteiger partial charge in [0.05, 0.1) is 21.4 Å². The Morgan fingerprint density at radius 1 is 1.42 bits per heavy atom. The number of nitrogens with two attached hydrogens (primary N) is 2. The van der Waals surface area contributed by atoms with Crippen LogP contribution in [0.2, 0.25) is 0 Å². The minimum atomic E-state index is -0.483. The van der Waals surface area contributed by atoms with E-state index in [1.54, 1.807) is 7.05 Å². The monoisotopic (exact) mass is 328 g/mol. The molecule has 1 aliphatic heterocycles. The van der Waals surface area contributed by atoms with Gasteiger partial charge in [0.1, 0.15) is 5.82 Å². The molecular weight excluding hydrogens is 311 g/mol. The molecular formula is C13H18BrFN4. The summed E-state index contributed by atoms with van der Waals surface area (Å²) in [5.41, 5.74) is 9.38. The van der Waals surface area contributed by atoms with Crippen LogP contribution in [0, 0.1) is 12.7 Å². The first-order valence-corrected chi connectivity index (χ1v) is 6.72. The number of nitrogens with one attached hydrogen (secondary N) is 1. The van der Waals surface area contributed by atoms with Crippen molar-refractivity contribution >= 4 is 27.3 Å². The fourth-order valence-corrected chi connectivity index (χ4v) is 2.67. The van der Waals surface area contributed by atoms with Crippen LogP contribution in [0.25, 0.3) is 5.70 Å². The molecule has 2 rings (SSSR count). The Balaban J connectivity index is 2.83. The first-order chi connectivity index (χ1) is 8.66. The third-order valence-corrected chi connectivity index (χ3v) is 4.39. The second kappa shape index (κ2) is 4.38. The average molecular weight is 329 g/mol. The Morgan fingerprint density at radius 2 is 2.00 bits per heavy atom. The summed E-state index contributed by atoms with van der Waals surface area (Å²) in [6.07, 6.45) is 0. The molecule has 5 N–H and O–H groups in total. The summed E-state index contributed by atoms with van der Waals surface area (Å²) in [7, 11) is 1.73. The molecule has 0 amide bonds. The third-order valence-electron chi connectivity index (χ3n) is 3.42. The maximum absolute atomic E-state index is 13.9. The summed E-state index contributed by atoms with van der Waals surface area (Å²) in [4.78, 5) is 0. The van der Waals surface area contributed by atoms with E-state index in [1.807, 2.05) is 20.8 Å². The van der Waals surface area contributed by atoms with Gasteiger partial charge in [-0.05, 0) is 48.3 Å². The van der Waals surface area contributed by atoms with Crippen molar-refractivity contribution < 1.29 is 4.39 Å². The molecule has 1 heterocycles. The van der Waals surface area contributed by atoms with Crippen LogP contribution in [0.5, 0.6) is 0 Å². The third kappa shape index (κ3) is 2.08. The van der Waals surface area contributed by atoms with E-state index in [9.17, 15) is 4.39 Å². The van der Waals surface area contributed by atoms with Gasteiger partial charge in [0.2, 0.25) is 0 Å². The first kappa shape index (κ1) is 14.1. The molecule has 0 radical (unpaired) electrons. The number of halogens is 2. The highest BCUT2D eigenvalue weighted by Gasteiger charge is 2.34. The number of anilines is 1. The number of rotatable bonds is 1. The molecule has 1 aromatic carbocycles. The summed E-state index contributed by atoms with van der Waals surface area (Å²) in [5, 5.41) is 4.73. The Bertz CT molecular complexity index is 578. The maximum atomic E-state index is 13.9. The minimum Gasteiger partial charge on any atom is -0.398 e. The molecule has 0 saturated heterocycles. The van der Waals surface area contributed by atoms with Gasteiger partial charge in [-0.3, -0.25) is 0 Å². The lowest BCUT2D eigenvalue weighted by molar-refractivity contribution is 0.490. The maximum Gasteiger partial charge on any atom is 0.139 e. The van der Waals surface area contributed by atoms with Crippen LogP contribution in [0.1, 0.15) is 25.0 Å². The van der Waals surface area contributed by atoms with E-state index < -0.39 is 5.54 Å². The molecule has 0 bridgehead atoms. The standard InChI is InChI=1S/C13H18BrFN4/c1-6-9-8(5-7(15)10(6)14)18-13(2,3)12(16)11(9)19(4)17/h5,18H,16-17H2,1-4H3. The van der Waals surface area contributed by atoms with Crippen LogP contribution in [-0.4, -0.2) is 17.6 Å². The Kier molecular flexibility index (Phi) is 3.26. The van der Waals surface area contributed by atoms with Gasteiger partial charge >= 0.3 is 0 Å². The number of hydrogen-bond donors (Lipinski definition) is 3. The van der Waals surface area contributed by atoms with Crippen LogP contribution < -0.4 is 16.9 Å². The molecule has 4 nitrogen and oxygen atoms in total. The van der Waals surface area contributed by atoms with E-state index in [4.69, 9.17) is 11.6 Å². The first-order valence-electron chi connectivity index (χ1n) is 5.92. The molecule has 0 aliphatic carbocycles. The van der Waals surface area contributed by atoms with Gasteiger partial charge in [0.15, 0.2) is 0 Å². The normalized spacial score (nSPS) is 17.0. The van der Waals surface area contributed by atoms with Gasteiger partial charge in [-0.1, -0.05) is 0 Å². The van der Waals surface area contributed by atoms with Crippen molar-refractivity contribution in [1.29, 1.82) is 0 Å². The van der Waals surface area contributed by atoms with Gasteiger partial charge in [0.25, 0.3) is 0 Å². The summed E-state index contributed by atoms with van der Waals surface area (Å²) in [5.74, 6) is 5.60. The van der Waals surface area contributed by atoms with E-state index >= 15 is 0 Å². The highest BCUT2D eigenvalue weighted by atomic mass is 79.9. The fourth-order valence-electron chi connectivity index (χ4n) is 2.36. The number of hydrogen-bond acceptors (Lipinski definition) is 4. The highest BCUT2D eigenvalue weighted by Crippen LogP contribution is 2.42. The van der Waals surface area contributed by atoms with Crippen LogP contribution in [0.15, 0.2) is 16.2 Å². The molecule has 0 aromatic heterocycles. The van der Waals surface area contributed by atoms with Crippen molar-refractivity contribution in [3.8, 4) is 0 Å². The Hall–Kier alpha value is -1.27. The molecule has 0 fully saturated rings. The van der Waals surface area contributed by atoms with Crippen LogP contribution in [0.3, 0.4) is 0 Å². The molecule has 1 aliphatic rings. The second-order valence-electron chi connectivity index (χ2n) is 5.34. The van der Waals surface area contributed by atoms with Crippen LogP contribution in [-0.2, 0) is 0 Å². The summed E-state index contributed by atoms with van der Waals surface area (Å²) in [6.45, 7) is 5.71. The Morgan fingerprint density at radius 3 is 2.53 bits per heavy atom. The summed E-state index contributed by atoms with van der Waals surface area (Å²) < 4.78 is 14.3. The van der Waals surface area contributed by atoms with Crippen molar-refractivity contribution in [3.63, 3.8) is 0 Å². The molecule has 1 aromatic rings. The van der Waals surface area contributed by atoms with E-state index in [2.05, 4.69) is 21.2 Å². The second-order valence-corrected chi connectivity index (χ2v) is 6.14. The predicted molar refractivity (Wildman–Crippen MR) is 79.6 cm³/mol. The SMILES string of the molecule is Cc1c(Br)c(F)cc2c1C(N(C)N)=C(N)C(C)(C)N2. The quantitative estimate of drug-likeness (QED) is 0.547. The van der Waals surface area contributed by atoms with Crippen molar-refractivity contribution in [2.45, 2.75) is 26.3 Å². The summed E-state index contributed by atoms with van der Waals surface area (Å²) >= 11 is 3.26. The zero-order valence-electron chi connectivity index (χ0n) is 11.4. The number of benzene rings is 1. The van der Waals surface area contributed by atoms with Crippen molar-refractivity contribution in [3.05, 3.63) is 33.2 Å². The zero-order valence-corrected chi connectivity index (χ0v) is 13.0. The van der Waals surface area contributed by atoms with E-state index in [0.29, 0.717) is 15.9 Å². The smallest absolute Gasteiger partial charge is 0.139 e. The van der Waals surface area contributed by atoms with Crippen LogP contribution in [0.4, 0.5) is 10.1 Å². The van der Waals surface area contributed by atoms with Crippen molar-refractivity contribution in [1.82, 2.24) is 5.01 Å². The number of fused-ring (bicyclic) bond motifs is 1. The van der Waals surface area contributed by atoms with Gasteiger partial charge in [-0.15, -0.1) is 0 Å². The Labute approximate surface area is 120 Å². The van der Waals surface area contributed by atoms with Crippen molar-refractivity contribution in [2.75, 3.05) is 12.4 Å². The van der Waals surface area contributed by atoms with Gasteiger partial charge in [0, 0.05) is 18.3 Å². The molecule has 104 valence electrons. The largest absolute Gasteiger partial charge is 0.398 e. The van der Waals surface area contributed by atoms with E-state index in [0.717, 1.165) is 16.8 Å². The van der Waals surface area contributed by atoms with Gasteiger partial charge in [-0.25, -0.2) is 10.2 Å². The fraction of sp³-hybridized carbons (Fsp3) is 0.385. The summed E-state index contributed by atoms with van der Waals surface area (Å²) in [6, 6.07) is 1.46. The zero-order chi connectivity index (χ0) is 14.5. The number of hydrazine groups is 1. The van der Waals surface area contributed by atoms with E-state index in [-0.39, 0.29) is 5.82 Å². The molecule has 0 spiro atoms. The lowest BCUT2D eigenvalue weighted by Crippen LogP contribution is -2.44. The molecule has 0 saturated carbocycles. The molecule has 0 unspecified atom stereocenters. The predicted octanol–water partition coefficient (Wildman–Crippen LogP) is 2.53. The van der Waals surface area contributed by atoms with Gasteiger partial charge in [-0.2, -0.15) is 0 Å². The highest BCUT2D eigenvalue weighted by molar-refractivity contribution is 9.10. The average Bonchev–Trinajstić information content (AvgIpc) is 2.28. The van der Waals surface area contributed by atoms with Gasteiger partial charge < -0.3 is 16.1 Å². The molecule has 19 heavy (non-hydrogen) atoms. The van der Waals surface area contributed by atoms with E-state index in [1.165, 1.54) is 11.1 Å². The number of nitrogens with zero attached hydrogens (tertiary/aromatic N) is 1. The molecule has 0 atom stereocenters. The lowest BCUT2D eigenvalue weighted by Gasteiger charge is -2.39. The van der Waals surface area contributed by atoms with Crippen molar-refractivity contribution in [2.24, 2.45) is 11.6 Å². The molecule has 6 heteroatoms. The minimum absolute atomic E-state index is 0.306.